The second kappa shape index (κ2) is 7.39. The third-order valence-corrected chi connectivity index (χ3v) is 5.01. The molecule has 2 aromatic carbocycles. The van der Waals surface area contributed by atoms with Gasteiger partial charge in [-0.3, -0.25) is 9.36 Å². The molecule has 0 spiro atoms. The Morgan fingerprint density at radius 1 is 0.900 bits per heavy atom. The van der Waals surface area contributed by atoms with Gasteiger partial charge in [0.2, 0.25) is 10.0 Å². The van der Waals surface area contributed by atoms with Crippen molar-refractivity contribution in [2.24, 2.45) is 5.14 Å². The average Bonchev–Trinajstić information content (AvgIpc) is 2.67. The Morgan fingerprint density at radius 2 is 1.57 bits per heavy atom. The highest BCUT2D eigenvalue weighted by Crippen LogP contribution is 2.29. The zero-order valence-corrected chi connectivity index (χ0v) is 16.1. The largest absolute Gasteiger partial charge is 0.269 e. The number of nitrogens with zero attached hydrogens (tertiary/aromatic N) is 3. The molecule has 0 bridgehead atoms. The number of halogens is 2. The number of pyridine rings is 1. The zero-order valence-electron chi connectivity index (χ0n) is 15.3. The van der Waals surface area contributed by atoms with Crippen LogP contribution in [-0.2, 0) is 15.8 Å². The van der Waals surface area contributed by atoms with E-state index in [1.807, 2.05) is 0 Å². The Kier molecular flexibility index (Phi) is 4.88. The summed E-state index contributed by atoms with van der Waals surface area (Å²) in [6.07, 6.45) is 0. The highest BCUT2D eigenvalue weighted by atomic mass is 32.2. The molecule has 30 heavy (non-hydrogen) atoms. The normalized spacial score (nSPS) is 11.7. The van der Waals surface area contributed by atoms with Gasteiger partial charge in [-0.1, -0.05) is 24.3 Å². The van der Waals surface area contributed by atoms with Gasteiger partial charge in [0.15, 0.2) is 5.65 Å². The van der Waals surface area contributed by atoms with Crippen LogP contribution in [-0.4, -0.2) is 23.0 Å². The highest BCUT2D eigenvalue weighted by Gasteiger charge is 2.20. The summed E-state index contributed by atoms with van der Waals surface area (Å²) in [5.74, 6) is -2.29. The molecule has 0 saturated carbocycles. The molecule has 10 heteroatoms. The van der Waals surface area contributed by atoms with E-state index < -0.39 is 33.0 Å². The van der Waals surface area contributed by atoms with Crippen molar-refractivity contribution >= 4 is 21.1 Å². The Balaban J connectivity index is 2.15. The first-order valence-electron chi connectivity index (χ1n) is 8.67. The molecule has 0 aliphatic rings. The third-order valence-electron chi connectivity index (χ3n) is 4.35. The van der Waals surface area contributed by atoms with Crippen molar-refractivity contribution in [3.63, 3.8) is 0 Å². The second-order valence-corrected chi connectivity index (χ2v) is 8.09. The van der Waals surface area contributed by atoms with Gasteiger partial charge in [0.1, 0.15) is 23.2 Å². The van der Waals surface area contributed by atoms with Crippen molar-refractivity contribution in [2.75, 3.05) is 0 Å². The number of para-hydroxylation sites is 1. The van der Waals surface area contributed by atoms with E-state index in [1.165, 1.54) is 54.6 Å². The van der Waals surface area contributed by atoms with E-state index in [1.54, 1.807) is 6.07 Å². The predicted molar refractivity (Wildman–Crippen MR) is 107 cm³/mol. The van der Waals surface area contributed by atoms with E-state index in [-0.39, 0.29) is 33.8 Å². The molecule has 4 aromatic rings. The average molecular weight is 428 g/mol. The van der Waals surface area contributed by atoms with E-state index in [0.29, 0.717) is 0 Å². The topological polar surface area (TPSA) is 108 Å². The number of rotatable bonds is 4. The van der Waals surface area contributed by atoms with Crippen molar-refractivity contribution in [1.82, 2.24) is 14.5 Å². The standard InChI is InChI=1S/C20H14F2N4O3S/c21-14-6-2-1-5-12(14)19-13-9-10-18(27)26(16-8-4-3-7-15(16)22)20(13)25-17(24-19)11-30(23,28)29/h1-10H,11H2,(H2,23,28,29). The van der Waals surface area contributed by atoms with Crippen molar-refractivity contribution in [3.8, 4) is 16.9 Å². The summed E-state index contributed by atoms with van der Waals surface area (Å²) in [7, 11) is -4.03. The molecule has 0 aliphatic heterocycles. The first kappa shape index (κ1) is 19.8. The lowest BCUT2D eigenvalue weighted by molar-refractivity contribution is 0.595. The van der Waals surface area contributed by atoms with Crippen molar-refractivity contribution < 1.29 is 17.2 Å². The van der Waals surface area contributed by atoms with Crippen LogP contribution in [0.5, 0.6) is 0 Å². The van der Waals surface area contributed by atoms with Gasteiger partial charge in [0.05, 0.1) is 11.4 Å². The van der Waals surface area contributed by atoms with E-state index in [4.69, 9.17) is 5.14 Å². The molecular weight excluding hydrogens is 414 g/mol. The summed E-state index contributed by atoms with van der Waals surface area (Å²) in [6.45, 7) is 0. The van der Waals surface area contributed by atoms with Crippen LogP contribution in [0.15, 0.2) is 65.5 Å². The number of hydrogen-bond acceptors (Lipinski definition) is 5. The van der Waals surface area contributed by atoms with Gasteiger partial charge in [-0.2, -0.15) is 0 Å². The Labute approximate surface area is 169 Å². The van der Waals surface area contributed by atoms with Gasteiger partial charge >= 0.3 is 0 Å². The fourth-order valence-electron chi connectivity index (χ4n) is 3.13. The molecule has 2 aromatic heterocycles. The predicted octanol–water partition coefficient (Wildman–Crippen LogP) is 2.51. The van der Waals surface area contributed by atoms with Gasteiger partial charge in [-0.05, 0) is 30.3 Å². The first-order chi connectivity index (χ1) is 14.2. The number of hydrogen-bond donors (Lipinski definition) is 1. The van der Waals surface area contributed by atoms with Crippen LogP contribution < -0.4 is 10.7 Å². The maximum Gasteiger partial charge on any atom is 0.256 e. The van der Waals surface area contributed by atoms with E-state index in [9.17, 15) is 22.0 Å². The minimum Gasteiger partial charge on any atom is -0.269 e. The summed E-state index contributed by atoms with van der Waals surface area (Å²) in [5.41, 5.74) is -0.638. The van der Waals surface area contributed by atoms with Crippen LogP contribution in [0.3, 0.4) is 0 Å². The summed E-state index contributed by atoms with van der Waals surface area (Å²) >= 11 is 0. The minimum atomic E-state index is -4.03. The Hall–Kier alpha value is -3.50. The molecule has 0 saturated heterocycles. The number of primary sulfonamides is 1. The van der Waals surface area contributed by atoms with Crippen LogP contribution in [0, 0.1) is 11.6 Å². The summed E-state index contributed by atoms with van der Waals surface area (Å²) in [4.78, 5) is 21.0. The maximum atomic E-state index is 14.5. The molecule has 0 fully saturated rings. The SMILES string of the molecule is NS(=O)(=O)Cc1nc(-c2ccccc2F)c2ccc(=O)n(-c3ccccc3F)c2n1. The van der Waals surface area contributed by atoms with Crippen molar-refractivity contribution in [2.45, 2.75) is 5.75 Å². The maximum absolute atomic E-state index is 14.5. The fourth-order valence-corrected chi connectivity index (χ4v) is 3.62. The van der Waals surface area contributed by atoms with Gasteiger partial charge in [-0.15, -0.1) is 0 Å². The van der Waals surface area contributed by atoms with Crippen LogP contribution in [0.2, 0.25) is 0 Å². The highest BCUT2D eigenvalue weighted by molar-refractivity contribution is 7.88. The zero-order chi connectivity index (χ0) is 21.5. The second-order valence-electron chi connectivity index (χ2n) is 6.47. The quantitative estimate of drug-likeness (QED) is 0.537. The number of fused-ring (bicyclic) bond motifs is 1. The van der Waals surface area contributed by atoms with E-state index in [0.717, 1.165) is 4.57 Å². The summed E-state index contributed by atoms with van der Waals surface area (Å²) in [5, 5.41) is 5.36. The minimum absolute atomic E-state index is 0.0573. The lowest BCUT2D eigenvalue weighted by Crippen LogP contribution is -2.22. The lowest BCUT2D eigenvalue weighted by Gasteiger charge is -2.14. The monoisotopic (exact) mass is 428 g/mol. The molecular formula is C20H14F2N4O3S. The summed E-state index contributed by atoms with van der Waals surface area (Å²) < 4.78 is 53.2. The van der Waals surface area contributed by atoms with Gasteiger partial charge in [-0.25, -0.2) is 32.3 Å². The molecule has 7 nitrogen and oxygen atoms in total. The van der Waals surface area contributed by atoms with Crippen molar-refractivity contribution in [1.29, 1.82) is 0 Å². The Bertz CT molecular complexity index is 1450. The molecule has 2 N–H and O–H groups in total. The molecule has 0 atom stereocenters. The molecule has 2 heterocycles. The van der Waals surface area contributed by atoms with Gasteiger partial charge < -0.3 is 0 Å². The molecule has 0 radical (unpaired) electrons. The number of aromatic nitrogens is 3. The molecule has 0 amide bonds. The van der Waals surface area contributed by atoms with Gasteiger partial charge in [0.25, 0.3) is 5.56 Å². The Morgan fingerprint density at radius 3 is 2.23 bits per heavy atom. The molecule has 0 unspecified atom stereocenters. The lowest BCUT2D eigenvalue weighted by atomic mass is 10.1. The third kappa shape index (κ3) is 3.70. The van der Waals surface area contributed by atoms with E-state index >= 15 is 0 Å². The van der Waals surface area contributed by atoms with Gasteiger partial charge in [0, 0.05) is 17.0 Å². The molecule has 0 aliphatic carbocycles. The number of nitrogens with two attached hydrogens (primary N) is 1. The number of benzene rings is 2. The molecule has 152 valence electrons. The fraction of sp³-hybridized carbons (Fsp3) is 0.0500. The van der Waals surface area contributed by atoms with Crippen LogP contribution in [0.4, 0.5) is 8.78 Å². The van der Waals surface area contributed by atoms with E-state index in [2.05, 4.69) is 9.97 Å². The summed E-state index contributed by atoms with van der Waals surface area (Å²) in [6, 6.07) is 13.9. The van der Waals surface area contributed by atoms with Crippen LogP contribution in [0.25, 0.3) is 28.0 Å². The number of sulfonamides is 1. The van der Waals surface area contributed by atoms with Crippen LogP contribution in [0.1, 0.15) is 5.82 Å². The van der Waals surface area contributed by atoms with Crippen molar-refractivity contribution in [3.05, 3.63) is 88.5 Å². The first-order valence-corrected chi connectivity index (χ1v) is 10.4. The van der Waals surface area contributed by atoms with Crippen LogP contribution >= 0.6 is 0 Å². The smallest absolute Gasteiger partial charge is 0.256 e. The molecule has 4 rings (SSSR count).